The van der Waals surface area contributed by atoms with Crippen molar-refractivity contribution in [3.05, 3.63) is 47.5 Å². The maximum Gasteiger partial charge on any atom is 0.330 e. The Morgan fingerprint density at radius 3 is 2.44 bits per heavy atom. The molecule has 1 rings (SSSR count). The summed E-state index contributed by atoms with van der Waals surface area (Å²) in [5.41, 5.74) is 1.09. The van der Waals surface area contributed by atoms with E-state index in [0.717, 1.165) is 6.42 Å². The molecule has 18 heavy (non-hydrogen) atoms. The van der Waals surface area contributed by atoms with Gasteiger partial charge in [-0.05, 0) is 18.9 Å². The highest BCUT2D eigenvalue weighted by molar-refractivity contribution is 5.95. The predicted octanol–water partition coefficient (Wildman–Crippen LogP) is 2.28. The first kappa shape index (κ1) is 14.0. The maximum absolute atomic E-state index is 11.8. The third-order valence-electron chi connectivity index (χ3n) is 2.52. The van der Waals surface area contributed by atoms with Crippen molar-refractivity contribution in [3.8, 4) is 0 Å². The highest BCUT2D eigenvalue weighted by atomic mass is 16.4. The first-order valence-electron chi connectivity index (χ1n) is 5.81. The van der Waals surface area contributed by atoms with E-state index in [1.165, 1.54) is 0 Å². The van der Waals surface area contributed by atoms with Gasteiger partial charge in [0, 0.05) is 5.57 Å². The molecule has 0 saturated heterocycles. The first-order valence-corrected chi connectivity index (χ1v) is 5.81. The van der Waals surface area contributed by atoms with Crippen LogP contribution in [0.1, 0.15) is 31.9 Å². The molecule has 0 fully saturated rings. The number of allylic oxidation sites excluding steroid dienone is 1. The highest BCUT2D eigenvalue weighted by Gasteiger charge is 2.21. The summed E-state index contributed by atoms with van der Waals surface area (Å²) in [4.78, 5) is 23.0. The zero-order chi connectivity index (χ0) is 13.5. The Bertz CT molecular complexity index is 451. The van der Waals surface area contributed by atoms with Gasteiger partial charge in [-0.3, -0.25) is 4.79 Å². The molecule has 1 amide bonds. The molecular weight excluding hydrogens is 230 g/mol. The smallest absolute Gasteiger partial charge is 0.330 e. The fraction of sp³-hybridized carbons (Fsp3) is 0.286. The summed E-state index contributed by atoms with van der Waals surface area (Å²) in [5.74, 6) is -1.42. The van der Waals surface area contributed by atoms with Gasteiger partial charge in [0.25, 0.3) is 0 Å². The highest BCUT2D eigenvalue weighted by Crippen LogP contribution is 2.13. The number of carboxylic acid groups (broad SMARTS) is 1. The molecular formula is C14H17NO3. The lowest BCUT2D eigenvalue weighted by Gasteiger charge is -2.15. The van der Waals surface area contributed by atoms with E-state index < -0.39 is 12.0 Å². The number of nitrogens with one attached hydrogen (secondary N) is 1. The Morgan fingerprint density at radius 1 is 1.33 bits per heavy atom. The Balaban J connectivity index is 2.86. The van der Waals surface area contributed by atoms with Gasteiger partial charge in [0.1, 0.15) is 0 Å². The Hall–Kier alpha value is -2.10. The van der Waals surface area contributed by atoms with E-state index >= 15 is 0 Å². The lowest BCUT2D eigenvalue weighted by atomic mass is 10.1. The second-order valence-corrected chi connectivity index (χ2v) is 3.95. The molecule has 1 aromatic rings. The van der Waals surface area contributed by atoms with Crippen molar-refractivity contribution in [1.82, 2.24) is 5.32 Å². The summed E-state index contributed by atoms with van der Waals surface area (Å²) in [5, 5.41) is 11.7. The zero-order valence-corrected chi connectivity index (χ0v) is 10.5. The maximum atomic E-state index is 11.8. The molecule has 2 N–H and O–H groups in total. The number of carbonyl (C=O) groups is 2. The lowest BCUT2D eigenvalue weighted by Crippen LogP contribution is -2.34. The first-order chi connectivity index (χ1) is 8.56. The van der Waals surface area contributed by atoms with Crippen molar-refractivity contribution >= 4 is 11.9 Å². The number of hydrogen-bond donors (Lipinski definition) is 2. The molecule has 1 aromatic carbocycles. The molecule has 96 valence electrons. The van der Waals surface area contributed by atoms with Crippen molar-refractivity contribution in [2.24, 2.45) is 0 Å². The fourth-order valence-corrected chi connectivity index (χ4v) is 1.58. The molecule has 4 nitrogen and oxygen atoms in total. The van der Waals surface area contributed by atoms with Gasteiger partial charge in [0.15, 0.2) is 6.04 Å². The van der Waals surface area contributed by atoms with E-state index in [9.17, 15) is 9.59 Å². The number of amides is 1. The van der Waals surface area contributed by atoms with Crippen LogP contribution in [0.5, 0.6) is 0 Å². The fourth-order valence-electron chi connectivity index (χ4n) is 1.58. The summed E-state index contributed by atoms with van der Waals surface area (Å²) in [6.45, 7) is 3.59. The van der Waals surface area contributed by atoms with Crippen molar-refractivity contribution in [1.29, 1.82) is 0 Å². The minimum Gasteiger partial charge on any atom is -0.479 e. The third kappa shape index (κ3) is 3.73. The molecule has 0 bridgehead atoms. The van der Waals surface area contributed by atoms with Crippen LogP contribution in [-0.4, -0.2) is 17.0 Å². The van der Waals surface area contributed by atoms with Gasteiger partial charge in [0.2, 0.25) is 5.91 Å². The second kappa shape index (κ2) is 6.59. The van der Waals surface area contributed by atoms with E-state index in [1.54, 1.807) is 43.3 Å². The van der Waals surface area contributed by atoms with E-state index in [-0.39, 0.29) is 5.91 Å². The SMILES string of the molecule is CC/C=C(/C)C(=O)NC(C(=O)O)c1ccccc1. The average Bonchev–Trinajstić information content (AvgIpc) is 2.36. The van der Waals surface area contributed by atoms with Crippen LogP contribution in [0, 0.1) is 0 Å². The lowest BCUT2D eigenvalue weighted by molar-refractivity contribution is -0.141. The van der Waals surface area contributed by atoms with Crippen LogP contribution < -0.4 is 5.32 Å². The molecule has 4 heteroatoms. The van der Waals surface area contributed by atoms with E-state index in [2.05, 4.69) is 5.32 Å². The minimum atomic E-state index is -1.07. The van der Waals surface area contributed by atoms with Crippen LogP contribution in [0.2, 0.25) is 0 Å². The number of carboxylic acids is 1. The second-order valence-electron chi connectivity index (χ2n) is 3.95. The van der Waals surface area contributed by atoms with Gasteiger partial charge in [-0.25, -0.2) is 4.79 Å². The minimum absolute atomic E-state index is 0.354. The van der Waals surface area contributed by atoms with Crippen molar-refractivity contribution in [2.75, 3.05) is 0 Å². The molecule has 1 atom stereocenters. The van der Waals surface area contributed by atoms with Crippen LogP contribution in [0.4, 0.5) is 0 Å². The molecule has 0 heterocycles. The normalized spacial score (nSPS) is 12.9. The quantitative estimate of drug-likeness (QED) is 0.784. The Kier molecular flexibility index (Phi) is 5.11. The van der Waals surface area contributed by atoms with E-state index in [0.29, 0.717) is 11.1 Å². The molecule has 0 spiro atoms. The van der Waals surface area contributed by atoms with Crippen molar-refractivity contribution in [2.45, 2.75) is 26.3 Å². The van der Waals surface area contributed by atoms with Gasteiger partial charge in [-0.2, -0.15) is 0 Å². The summed E-state index contributed by atoms with van der Waals surface area (Å²) in [6, 6.07) is 7.62. The number of rotatable bonds is 5. The average molecular weight is 247 g/mol. The van der Waals surface area contributed by atoms with Gasteiger partial charge in [-0.15, -0.1) is 0 Å². The van der Waals surface area contributed by atoms with E-state index in [4.69, 9.17) is 5.11 Å². The molecule has 0 aliphatic carbocycles. The third-order valence-corrected chi connectivity index (χ3v) is 2.52. The van der Waals surface area contributed by atoms with Crippen molar-refractivity contribution in [3.63, 3.8) is 0 Å². The van der Waals surface area contributed by atoms with Gasteiger partial charge in [-0.1, -0.05) is 43.3 Å². The molecule has 0 aromatic heterocycles. The van der Waals surface area contributed by atoms with Crippen LogP contribution in [-0.2, 0) is 9.59 Å². The molecule has 0 aliphatic heterocycles. The Labute approximate surface area is 106 Å². The number of benzene rings is 1. The summed E-state index contributed by atoms with van der Waals surface area (Å²) < 4.78 is 0. The zero-order valence-electron chi connectivity index (χ0n) is 10.5. The number of hydrogen-bond acceptors (Lipinski definition) is 2. The van der Waals surface area contributed by atoms with Crippen LogP contribution >= 0.6 is 0 Å². The number of carbonyl (C=O) groups excluding carboxylic acids is 1. The number of aliphatic carboxylic acids is 1. The standard InChI is InChI=1S/C14H17NO3/c1-3-7-10(2)13(16)15-12(14(17)18)11-8-5-4-6-9-11/h4-9,12H,3H2,1-2H3,(H,15,16)(H,17,18)/b10-7-. The van der Waals surface area contributed by atoms with Gasteiger partial charge in [0.05, 0.1) is 0 Å². The summed E-state index contributed by atoms with van der Waals surface area (Å²) >= 11 is 0. The molecule has 1 unspecified atom stereocenters. The largest absolute Gasteiger partial charge is 0.479 e. The Morgan fingerprint density at radius 2 is 1.94 bits per heavy atom. The van der Waals surface area contributed by atoms with Crippen molar-refractivity contribution < 1.29 is 14.7 Å². The molecule has 0 saturated carbocycles. The summed E-state index contributed by atoms with van der Waals surface area (Å²) in [7, 11) is 0. The molecule has 0 aliphatic rings. The van der Waals surface area contributed by atoms with Crippen LogP contribution in [0.3, 0.4) is 0 Å². The van der Waals surface area contributed by atoms with Crippen LogP contribution in [0.15, 0.2) is 42.0 Å². The topological polar surface area (TPSA) is 66.4 Å². The van der Waals surface area contributed by atoms with Gasteiger partial charge >= 0.3 is 5.97 Å². The predicted molar refractivity (Wildman–Crippen MR) is 69.0 cm³/mol. The van der Waals surface area contributed by atoms with Crippen LogP contribution in [0.25, 0.3) is 0 Å². The van der Waals surface area contributed by atoms with Gasteiger partial charge < -0.3 is 10.4 Å². The summed E-state index contributed by atoms with van der Waals surface area (Å²) in [6.07, 6.45) is 2.50. The van der Waals surface area contributed by atoms with E-state index in [1.807, 2.05) is 6.92 Å². The molecule has 0 radical (unpaired) electrons. The monoisotopic (exact) mass is 247 g/mol.